The zero-order valence-electron chi connectivity index (χ0n) is 9.19. The predicted octanol–water partition coefficient (Wildman–Crippen LogP) is 1.72. The summed E-state index contributed by atoms with van der Waals surface area (Å²) in [6, 6.07) is 5.27. The highest BCUT2D eigenvalue weighted by Crippen LogP contribution is 2.47. The quantitative estimate of drug-likeness (QED) is 0.710. The van der Waals surface area contributed by atoms with Crippen LogP contribution < -0.4 is 4.74 Å². The smallest absolute Gasteiger partial charge is 0.339 e. The van der Waals surface area contributed by atoms with Gasteiger partial charge in [0.25, 0.3) is 0 Å². The van der Waals surface area contributed by atoms with E-state index in [1.54, 1.807) is 19.2 Å². The van der Waals surface area contributed by atoms with Crippen LogP contribution in [0.5, 0.6) is 5.75 Å². The molecule has 88 valence electrons. The van der Waals surface area contributed by atoms with E-state index in [4.69, 9.17) is 9.47 Å². The number of thioether (sulfide) groups is 1. The molecule has 1 saturated heterocycles. The largest absolute Gasteiger partial charge is 0.497 e. The minimum atomic E-state index is -0.736. The number of esters is 1. The van der Waals surface area contributed by atoms with Crippen LogP contribution in [0.2, 0.25) is 0 Å². The molecule has 0 radical (unpaired) electrons. The molecule has 4 nitrogen and oxygen atoms in total. The summed E-state index contributed by atoms with van der Waals surface area (Å²) in [6.45, 7) is 0. The van der Waals surface area contributed by atoms with Gasteiger partial charge in [-0.05, 0) is 12.1 Å². The second-order valence-corrected chi connectivity index (χ2v) is 5.17. The van der Waals surface area contributed by atoms with Crippen molar-refractivity contribution in [1.29, 1.82) is 0 Å². The van der Waals surface area contributed by atoms with Crippen molar-refractivity contribution >= 4 is 22.8 Å². The number of carbonyl (C=O) groups is 2. The number of benzene rings is 1. The second kappa shape index (κ2) is 3.50. The van der Waals surface area contributed by atoms with Gasteiger partial charge in [0, 0.05) is 11.3 Å². The molecule has 1 aromatic rings. The molecule has 1 atom stereocenters. The zero-order valence-corrected chi connectivity index (χ0v) is 10.0. The Morgan fingerprint density at radius 2 is 2.24 bits per heavy atom. The van der Waals surface area contributed by atoms with Gasteiger partial charge in [-0.2, -0.15) is 0 Å². The summed E-state index contributed by atoms with van der Waals surface area (Å²) in [5.41, 5.74) is 0.585. The lowest BCUT2D eigenvalue weighted by molar-refractivity contribution is -0.113. The molecule has 5 heteroatoms. The Bertz CT molecular complexity index is 525. The van der Waals surface area contributed by atoms with Crippen molar-refractivity contribution in [1.82, 2.24) is 0 Å². The van der Waals surface area contributed by atoms with Crippen molar-refractivity contribution in [2.75, 3.05) is 12.9 Å². The fourth-order valence-corrected chi connectivity index (χ4v) is 3.32. The Balaban J connectivity index is 2.11. The molecule has 0 bridgehead atoms. The number of ether oxygens (including phenoxy) is 2. The standard InChI is InChI=1S/C12H10O4S/c1-15-7-2-3-9-8(4-7)11(14)16-12(9)5-10(13)17-6-12/h2-4H,5-6H2,1H3. The molecule has 2 heterocycles. The maximum Gasteiger partial charge on any atom is 0.339 e. The molecule has 1 aromatic carbocycles. The van der Waals surface area contributed by atoms with E-state index in [0.29, 0.717) is 17.1 Å². The molecule has 2 aliphatic rings. The Morgan fingerprint density at radius 3 is 2.88 bits per heavy atom. The van der Waals surface area contributed by atoms with Crippen LogP contribution in [0.1, 0.15) is 22.3 Å². The van der Waals surface area contributed by atoms with Gasteiger partial charge >= 0.3 is 5.97 Å². The van der Waals surface area contributed by atoms with Crippen LogP contribution in [0, 0.1) is 0 Å². The lowest BCUT2D eigenvalue weighted by atomic mass is 9.91. The molecular weight excluding hydrogens is 240 g/mol. The van der Waals surface area contributed by atoms with Gasteiger partial charge in [-0.1, -0.05) is 17.8 Å². The average Bonchev–Trinajstić information content (AvgIpc) is 2.82. The Kier molecular flexibility index (Phi) is 2.19. The van der Waals surface area contributed by atoms with E-state index >= 15 is 0 Å². The molecule has 0 aliphatic carbocycles. The molecule has 2 aliphatic heterocycles. The van der Waals surface area contributed by atoms with Crippen LogP contribution in [0.4, 0.5) is 0 Å². The summed E-state index contributed by atoms with van der Waals surface area (Å²) < 4.78 is 10.5. The van der Waals surface area contributed by atoms with Crippen molar-refractivity contribution in [2.45, 2.75) is 12.0 Å². The third-order valence-electron chi connectivity index (χ3n) is 3.12. The first-order valence-corrected chi connectivity index (χ1v) is 6.21. The van der Waals surface area contributed by atoms with Gasteiger partial charge in [0.1, 0.15) is 5.75 Å². The summed E-state index contributed by atoms with van der Waals surface area (Å²) in [7, 11) is 1.55. The van der Waals surface area contributed by atoms with Crippen LogP contribution in [0.25, 0.3) is 0 Å². The zero-order chi connectivity index (χ0) is 12.0. The summed E-state index contributed by atoms with van der Waals surface area (Å²) >= 11 is 1.22. The fraction of sp³-hybridized carbons (Fsp3) is 0.333. The number of hydrogen-bond acceptors (Lipinski definition) is 5. The number of methoxy groups -OCH3 is 1. The van der Waals surface area contributed by atoms with Gasteiger partial charge in [0.15, 0.2) is 10.7 Å². The maximum absolute atomic E-state index is 11.8. The van der Waals surface area contributed by atoms with E-state index in [9.17, 15) is 9.59 Å². The summed E-state index contributed by atoms with van der Waals surface area (Å²) in [5.74, 6) is 0.764. The summed E-state index contributed by atoms with van der Waals surface area (Å²) in [6.07, 6.45) is 0.267. The molecule has 3 rings (SSSR count). The first kappa shape index (κ1) is 10.7. The van der Waals surface area contributed by atoms with Crippen molar-refractivity contribution in [3.63, 3.8) is 0 Å². The van der Waals surface area contributed by atoms with Crippen molar-refractivity contribution in [3.05, 3.63) is 29.3 Å². The lowest BCUT2D eigenvalue weighted by Crippen LogP contribution is -2.25. The molecule has 0 aromatic heterocycles. The number of carbonyl (C=O) groups excluding carboxylic acids is 2. The highest BCUT2D eigenvalue weighted by atomic mass is 32.2. The van der Waals surface area contributed by atoms with Crippen molar-refractivity contribution in [2.24, 2.45) is 0 Å². The van der Waals surface area contributed by atoms with Gasteiger partial charge in [-0.15, -0.1) is 0 Å². The van der Waals surface area contributed by atoms with Gasteiger partial charge in [0.05, 0.1) is 19.1 Å². The first-order valence-electron chi connectivity index (χ1n) is 5.22. The molecule has 1 spiro atoms. The summed E-state index contributed by atoms with van der Waals surface area (Å²) in [5, 5.41) is 0.0708. The van der Waals surface area contributed by atoms with E-state index in [0.717, 1.165) is 5.56 Å². The molecule has 0 amide bonds. The van der Waals surface area contributed by atoms with Gasteiger partial charge in [-0.3, -0.25) is 4.79 Å². The van der Waals surface area contributed by atoms with Crippen LogP contribution >= 0.6 is 11.8 Å². The Labute approximate surface area is 102 Å². The monoisotopic (exact) mass is 250 g/mol. The van der Waals surface area contributed by atoms with E-state index in [1.807, 2.05) is 6.07 Å². The normalized spacial score (nSPS) is 26.2. The molecule has 1 unspecified atom stereocenters. The van der Waals surface area contributed by atoms with E-state index in [1.165, 1.54) is 11.8 Å². The molecule has 17 heavy (non-hydrogen) atoms. The van der Waals surface area contributed by atoms with Crippen LogP contribution in [0.15, 0.2) is 18.2 Å². The van der Waals surface area contributed by atoms with Crippen LogP contribution in [-0.2, 0) is 15.1 Å². The first-order chi connectivity index (χ1) is 8.14. The predicted molar refractivity (Wildman–Crippen MR) is 62.2 cm³/mol. The van der Waals surface area contributed by atoms with E-state index < -0.39 is 5.60 Å². The minimum Gasteiger partial charge on any atom is -0.497 e. The highest BCUT2D eigenvalue weighted by Gasteiger charge is 2.50. The summed E-state index contributed by atoms with van der Waals surface area (Å²) in [4.78, 5) is 23.2. The van der Waals surface area contributed by atoms with Crippen LogP contribution in [-0.4, -0.2) is 23.9 Å². The van der Waals surface area contributed by atoms with Crippen molar-refractivity contribution in [3.8, 4) is 5.75 Å². The molecular formula is C12H10O4S. The number of rotatable bonds is 1. The molecule has 1 fully saturated rings. The van der Waals surface area contributed by atoms with Gasteiger partial charge < -0.3 is 9.47 Å². The second-order valence-electron chi connectivity index (χ2n) is 4.13. The van der Waals surface area contributed by atoms with Crippen molar-refractivity contribution < 1.29 is 19.1 Å². The SMILES string of the molecule is COc1ccc2c(c1)C(=O)OC21CSC(=O)C1. The molecule has 0 N–H and O–H groups in total. The minimum absolute atomic E-state index is 0.0708. The topological polar surface area (TPSA) is 52.6 Å². The van der Waals surface area contributed by atoms with Crippen LogP contribution in [0.3, 0.4) is 0 Å². The highest BCUT2D eigenvalue weighted by molar-refractivity contribution is 8.14. The fourth-order valence-electron chi connectivity index (χ4n) is 2.27. The number of hydrogen-bond donors (Lipinski definition) is 0. The van der Waals surface area contributed by atoms with E-state index in [-0.39, 0.29) is 17.5 Å². The van der Waals surface area contributed by atoms with Gasteiger partial charge in [0.2, 0.25) is 0 Å². The third-order valence-corrected chi connectivity index (χ3v) is 4.20. The lowest BCUT2D eigenvalue weighted by Gasteiger charge is -2.20. The Hall–Kier alpha value is -1.49. The third kappa shape index (κ3) is 1.45. The maximum atomic E-state index is 11.8. The van der Waals surface area contributed by atoms with E-state index in [2.05, 4.69) is 0 Å². The number of fused-ring (bicyclic) bond motifs is 2. The van der Waals surface area contributed by atoms with Gasteiger partial charge in [-0.25, -0.2) is 4.79 Å². The average molecular weight is 250 g/mol. The molecule has 0 saturated carbocycles. The Morgan fingerprint density at radius 1 is 1.41 bits per heavy atom.